The van der Waals surface area contributed by atoms with Crippen molar-refractivity contribution in [3.05, 3.63) is 42.2 Å². The topological polar surface area (TPSA) is 44.1 Å². The Morgan fingerprint density at radius 2 is 2.20 bits per heavy atom. The molecule has 1 aliphatic heterocycles. The van der Waals surface area contributed by atoms with E-state index in [0.29, 0.717) is 0 Å². The van der Waals surface area contributed by atoms with Crippen LogP contribution in [-0.2, 0) is 9.53 Å². The lowest BCUT2D eigenvalue weighted by molar-refractivity contribution is -0.140. The minimum Gasteiger partial charge on any atom is -0.462 e. The number of carbonyl (C=O) groups excluding carboxylic acids is 1. The third-order valence-electron chi connectivity index (χ3n) is 3.36. The van der Waals surface area contributed by atoms with Crippen LogP contribution in [0.2, 0.25) is 0 Å². The van der Waals surface area contributed by atoms with Crippen molar-refractivity contribution in [2.45, 2.75) is 36.8 Å². The van der Waals surface area contributed by atoms with Crippen LogP contribution in [0.5, 0.6) is 0 Å². The van der Waals surface area contributed by atoms with E-state index in [1.807, 2.05) is 29.8 Å². The van der Waals surface area contributed by atoms with Crippen LogP contribution in [0.3, 0.4) is 0 Å². The molecule has 0 N–H and O–H groups in total. The third kappa shape index (κ3) is 2.45. The summed E-state index contributed by atoms with van der Waals surface area (Å²) in [4.78, 5) is 16.1. The number of carbonyl (C=O) groups is 1. The molecule has 2 atom stereocenters. The molecule has 1 fully saturated rings. The molecule has 0 bridgehead atoms. The van der Waals surface area contributed by atoms with Gasteiger partial charge < -0.3 is 4.74 Å². The van der Waals surface area contributed by atoms with E-state index in [1.165, 1.54) is 17.3 Å². The van der Waals surface area contributed by atoms with Crippen molar-refractivity contribution in [3.63, 3.8) is 0 Å². The number of thioether (sulfide) groups is 1. The molecule has 5 heteroatoms. The van der Waals surface area contributed by atoms with Crippen LogP contribution in [0, 0.1) is 6.92 Å². The zero-order valence-corrected chi connectivity index (χ0v) is 12.3. The van der Waals surface area contributed by atoms with Crippen molar-refractivity contribution in [2.24, 2.45) is 0 Å². The standard InChI is InChI=1S/C15H16N2O2S/c1-10-5-3-4-6-12(10)17-8-7-16-15(17)20-13-9-11(2)19-14(13)18/h3-8,11,13H,9H2,1-2H3/t11-,13-/m0/s1. The highest BCUT2D eigenvalue weighted by atomic mass is 32.2. The van der Waals surface area contributed by atoms with Crippen LogP contribution in [-0.4, -0.2) is 26.9 Å². The first kappa shape index (κ1) is 13.2. The Morgan fingerprint density at radius 3 is 2.90 bits per heavy atom. The number of ether oxygens (including phenoxy) is 1. The molecule has 3 rings (SSSR count). The highest BCUT2D eigenvalue weighted by Gasteiger charge is 2.33. The maximum atomic E-state index is 11.7. The zero-order valence-electron chi connectivity index (χ0n) is 11.4. The summed E-state index contributed by atoms with van der Waals surface area (Å²) < 4.78 is 7.22. The molecule has 0 aliphatic carbocycles. The highest BCUT2D eigenvalue weighted by molar-refractivity contribution is 8.00. The van der Waals surface area contributed by atoms with E-state index in [1.54, 1.807) is 6.20 Å². The third-order valence-corrected chi connectivity index (χ3v) is 4.54. The van der Waals surface area contributed by atoms with Crippen LogP contribution in [0.15, 0.2) is 41.8 Å². The number of hydrogen-bond acceptors (Lipinski definition) is 4. The Bertz CT molecular complexity index is 638. The minimum atomic E-state index is -0.157. The van der Waals surface area contributed by atoms with Crippen molar-refractivity contribution in [1.29, 1.82) is 0 Å². The fraction of sp³-hybridized carbons (Fsp3) is 0.333. The number of nitrogens with zero attached hydrogens (tertiary/aromatic N) is 2. The van der Waals surface area contributed by atoms with Crippen molar-refractivity contribution in [1.82, 2.24) is 9.55 Å². The largest absolute Gasteiger partial charge is 0.462 e. The molecule has 2 aromatic rings. The predicted molar refractivity (Wildman–Crippen MR) is 78.1 cm³/mol. The molecule has 0 amide bonds. The van der Waals surface area contributed by atoms with Crippen LogP contribution < -0.4 is 0 Å². The first-order valence-electron chi connectivity index (χ1n) is 6.61. The Kier molecular flexibility index (Phi) is 3.53. The molecule has 0 saturated carbocycles. The van der Waals surface area contributed by atoms with Gasteiger partial charge in [0.05, 0.1) is 5.69 Å². The van der Waals surface area contributed by atoms with Crippen molar-refractivity contribution in [2.75, 3.05) is 0 Å². The van der Waals surface area contributed by atoms with Gasteiger partial charge in [0, 0.05) is 18.8 Å². The highest BCUT2D eigenvalue weighted by Crippen LogP contribution is 2.32. The summed E-state index contributed by atoms with van der Waals surface area (Å²) in [6.45, 7) is 3.99. The normalized spacial score (nSPS) is 22.0. The average molecular weight is 288 g/mol. The number of esters is 1. The maximum Gasteiger partial charge on any atom is 0.319 e. The Labute approximate surface area is 122 Å². The molecule has 1 aromatic heterocycles. The van der Waals surface area contributed by atoms with Gasteiger partial charge in [-0.3, -0.25) is 9.36 Å². The van der Waals surface area contributed by atoms with E-state index in [4.69, 9.17) is 4.74 Å². The quantitative estimate of drug-likeness (QED) is 0.814. The van der Waals surface area contributed by atoms with Crippen LogP contribution in [0.1, 0.15) is 18.9 Å². The first-order valence-corrected chi connectivity index (χ1v) is 7.49. The molecular formula is C15H16N2O2S. The van der Waals surface area contributed by atoms with E-state index in [0.717, 1.165) is 17.3 Å². The number of cyclic esters (lactones) is 1. The van der Waals surface area contributed by atoms with Gasteiger partial charge >= 0.3 is 5.97 Å². The van der Waals surface area contributed by atoms with E-state index >= 15 is 0 Å². The summed E-state index contributed by atoms with van der Waals surface area (Å²) in [5.41, 5.74) is 2.27. The smallest absolute Gasteiger partial charge is 0.319 e. The van der Waals surface area contributed by atoms with Gasteiger partial charge in [-0.25, -0.2) is 4.98 Å². The molecule has 0 unspecified atom stereocenters. The van der Waals surface area contributed by atoms with Crippen LogP contribution in [0.4, 0.5) is 0 Å². The zero-order chi connectivity index (χ0) is 14.1. The van der Waals surface area contributed by atoms with E-state index < -0.39 is 0 Å². The van der Waals surface area contributed by atoms with Gasteiger partial charge in [-0.1, -0.05) is 30.0 Å². The predicted octanol–water partition coefficient (Wildman–Crippen LogP) is 2.98. The monoisotopic (exact) mass is 288 g/mol. The van der Waals surface area contributed by atoms with Gasteiger partial charge in [0.2, 0.25) is 0 Å². The lowest BCUT2D eigenvalue weighted by Crippen LogP contribution is -2.11. The number of benzene rings is 1. The number of aromatic nitrogens is 2. The molecule has 0 spiro atoms. The van der Waals surface area contributed by atoms with Crippen molar-refractivity contribution in [3.8, 4) is 5.69 Å². The number of hydrogen-bond donors (Lipinski definition) is 0. The van der Waals surface area contributed by atoms with Gasteiger partial charge in [0.15, 0.2) is 5.16 Å². The second-order valence-electron chi connectivity index (χ2n) is 4.96. The molecular weight excluding hydrogens is 272 g/mol. The summed E-state index contributed by atoms with van der Waals surface area (Å²) in [7, 11) is 0. The SMILES string of the molecule is Cc1ccccc1-n1ccnc1S[C@H]1C[C@H](C)OC1=O. The fourth-order valence-electron chi connectivity index (χ4n) is 2.34. The van der Waals surface area contributed by atoms with Gasteiger partial charge in [-0.05, 0) is 25.5 Å². The van der Waals surface area contributed by atoms with Crippen LogP contribution in [0.25, 0.3) is 5.69 Å². The summed E-state index contributed by atoms with van der Waals surface area (Å²) >= 11 is 1.48. The van der Waals surface area contributed by atoms with Crippen molar-refractivity contribution >= 4 is 17.7 Å². The van der Waals surface area contributed by atoms with Gasteiger partial charge in [0.25, 0.3) is 0 Å². The number of rotatable bonds is 3. The summed E-state index contributed by atoms with van der Waals surface area (Å²) in [6.07, 6.45) is 4.43. The second kappa shape index (κ2) is 5.32. The summed E-state index contributed by atoms with van der Waals surface area (Å²) in [5.74, 6) is -0.137. The van der Waals surface area contributed by atoms with E-state index in [2.05, 4.69) is 24.0 Å². The number of aryl methyl sites for hydroxylation is 1. The minimum absolute atomic E-state index is 0.00173. The Morgan fingerprint density at radius 1 is 1.40 bits per heavy atom. The molecule has 1 saturated heterocycles. The van der Waals surface area contributed by atoms with Crippen LogP contribution >= 0.6 is 11.8 Å². The summed E-state index contributed by atoms with van der Waals surface area (Å²) in [6, 6.07) is 8.13. The molecule has 4 nitrogen and oxygen atoms in total. The van der Waals surface area contributed by atoms with Crippen molar-refractivity contribution < 1.29 is 9.53 Å². The Hall–Kier alpha value is -1.75. The lowest BCUT2D eigenvalue weighted by Gasteiger charge is -2.11. The molecule has 1 aromatic carbocycles. The summed E-state index contributed by atoms with van der Waals surface area (Å²) in [5, 5.41) is 0.672. The molecule has 104 valence electrons. The Balaban J connectivity index is 1.88. The number of para-hydroxylation sites is 1. The van der Waals surface area contributed by atoms with Gasteiger partial charge in [0.1, 0.15) is 11.4 Å². The first-order chi connectivity index (χ1) is 9.65. The van der Waals surface area contributed by atoms with Gasteiger partial charge in [-0.15, -0.1) is 0 Å². The number of imidazole rings is 1. The van der Waals surface area contributed by atoms with E-state index in [-0.39, 0.29) is 17.3 Å². The maximum absolute atomic E-state index is 11.7. The molecule has 20 heavy (non-hydrogen) atoms. The lowest BCUT2D eigenvalue weighted by atomic mass is 10.2. The average Bonchev–Trinajstić information content (AvgIpc) is 2.98. The van der Waals surface area contributed by atoms with E-state index in [9.17, 15) is 4.79 Å². The fourth-order valence-corrected chi connectivity index (χ4v) is 3.51. The molecule has 0 radical (unpaired) electrons. The van der Waals surface area contributed by atoms with Gasteiger partial charge in [-0.2, -0.15) is 0 Å². The second-order valence-corrected chi connectivity index (χ2v) is 6.13. The molecule has 1 aliphatic rings. The molecule has 2 heterocycles.